The molecule has 4 heteroatoms. The molecular formula is C10H11NO3. The summed E-state index contributed by atoms with van der Waals surface area (Å²) in [7, 11) is 0. The lowest BCUT2D eigenvalue weighted by molar-refractivity contribution is 0.101. The fourth-order valence-electron chi connectivity index (χ4n) is 0.956. The van der Waals surface area contributed by atoms with Gasteiger partial charge in [-0.25, -0.2) is 4.79 Å². The predicted molar refractivity (Wildman–Crippen MR) is 52.9 cm³/mol. The second-order valence-electron chi connectivity index (χ2n) is 2.72. The van der Waals surface area contributed by atoms with Gasteiger partial charge in [0.2, 0.25) is 0 Å². The summed E-state index contributed by atoms with van der Waals surface area (Å²) in [5.41, 5.74) is 0.395. The number of hydrogen-bond donors (Lipinski definition) is 1. The van der Waals surface area contributed by atoms with Crippen molar-refractivity contribution in [2.24, 2.45) is 0 Å². The summed E-state index contributed by atoms with van der Waals surface area (Å²) in [4.78, 5) is 22.2. The molecule has 0 saturated heterocycles. The normalized spacial score (nSPS) is 13.6. The van der Waals surface area contributed by atoms with Gasteiger partial charge in [-0.2, -0.15) is 0 Å². The second kappa shape index (κ2) is 3.91. The molecule has 1 aromatic carbocycles. The van der Waals surface area contributed by atoms with Gasteiger partial charge in [-0.1, -0.05) is 0 Å². The Hall–Kier alpha value is -1.84. The fourth-order valence-corrected chi connectivity index (χ4v) is 0.956. The van der Waals surface area contributed by atoms with Crippen LogP contribution in [0.1, 0.15) is 21.4 Å². The third-order valence-electron chi connectivity index (χ3n) is 1.72. The van der Waals surface area contributed by atoms with Crippen LogP contribution in [0.15, 0.2) is 24.3 Å². The number of hydrogen-bond acceptors (Lipinski definition) is 2. The molecule has 0 spiro atoms. The van der Waals surface area contributed by atoms with Crippen LogP contribution >= 0.6 is 0 Å². The molecule has 0 fully saturated rings. The van der Waals surface area contributed by atoms with Crippen LogP contribution in [0.5, 0.6) is 0 Å². The van der Waals surface area contributed by atoms with E-state index in [-0.39, 0.29) is 16.4 Å². The first-order chi connectivity index (χ1) is 7.73. The summed E-state index contributed by atoms with van der Waals surface area (Å²) in [6.07, 6.45) is -1.57. The lowest BCUT2D eigenvalue weighted by Gasteiger charge is -2.12. The average Bonchev–Trinajstić information content (AvgIpc) is 2.15. The molecule has 0 aliphatic heterocycles. The molecule has 0 bridgehead atoms. The highest BCUT2D eigenvalue weighted by Crippen LogP contribution is 2.13. The van der Waals surface area contributed by atoms with E-state index in [0.29, 0.717) is 5.56 Å². The smallest absolute Gasteiger partial charge is 0.411 e. The van der Waals surface area contributed by atoms with Crippen LogP contribution in [0.4, 0.5) is 10.5 Å². The highest BCUT2D eigenvalue weighted by molar-refractivity contribution is 5.95. The Bertz CT molecular complexity index is 439. The molecule has 0 saturated carbocycles. The standard InChI is InChI=1S/C10H11NO3/c1-7(12)8-3-5-9(6-4-8)11(2)10(13)14/h3-6H,1-2H3,(H,13,14)/i2D3. The number of carbonyl (C=O) groups excluding carboxylic acids is 1. The highest BCUT2D eigenvalue weighted by atomic mass is 16.4. The summed E-state index contributed by atoms with van der Waals surface area (Å²) in [5, 5.41) is 8.84. The minimum Gasteiger partial charge on any atom is -0.465 e. The molecule has 1 aromatic rings. The molecule has 0 aromatic heterocycles. The zero-order valence-electron chi connectivity index (χ0n) is 10.5. The van der Waals surface area contributed by atoms with Gasteiger partial charge in [0.15, 0.2) is 5.78 Å². The van der Waals surface area contributed by atoms with Crippen LogP contribution in [0.3, 0.4) is 0 Å². The minimum atomic E-state index is -2.77. The van der Waals surface area contributed by atoms with Gasteiger partial charge in [0, 0.05) is 22.3 Å². The van der Waals surface area contributed by atoms with Crippen molar-refractivity contribution in [1.29, 1.82) is 0 Å². The third kappa shape index (κ3) is 2.10. The SMILES string of the molecule is [2H]C([2H])([2H])N(C(=O)O)c1ccc(C(C)=O)cc1. The van der Waals surface area contributed by atoms with Crippen molar-refractivity contribution < 1.29 is 18.8 Å². The minimum absolute atomic E-state index is 0.00231. The van der Waals surface area contributed by atoms with E-state index >= 15 is 0 Å². The van der Waals surface area contributed by atoms with E-state index in [1.807, 2.05) is 0 Å². The molecule has 0 unspecified atom stereocenters. The summed E-state index contributed by atoms with van der Waals surface area (Å²) in [6.45, 7) is -1.41. The van der Waals surface area contributed by atoms with Gasteiger partial charge in [0.05, 0.1) is 0 Å². The average molecular weight is 196 g/mol. The molecule has 4 nitrogen and oxygen atoms in total. The van der Waals surface area contributed by atoms with Crippen LogP contribution in [0, 0.1) is 0 Å². The van der Waals surface area contributed by atoms with Gasteiger partial charge < -0.3 is 5.11 Å². The molecule has 14 heavy (non-hydrogen) atoms. The molecule has 0 aliphatic carbocycles. The van der Waals surface area contributed by atoms with Gasteiger partial charge >= 0.3 is 6.09 Å². The fraction of sp³-hybridized carbons (Fsp3) is 0.200. The van der Waals surface area contributed by atoms with Crippen molar-refractivity contribution in [3.8, 4) is 0 Å². The summed E-state index contributed by atoms with van der Waals surface area (Å²) >= 11 is 0. The van der Waals surface area contributed by atoms with Crippen molar-refractivity contribution in [2.45, 2.75) is 6.92 Å². The van der Waals surface area contributed by atoms with Gasteiger partial charge in [-0.15, -0.1) is 0 Å². The summed E-state index contributed by atoms with van der Waals surface area (Å²) in [5.74, 6) is -0.174. The Morgan fingerprint density at radius 2 is 1.93 bits per heavy atom. The Balaban J connectivity index is 3.13. The van der Waals surface area contributed by atoms with Gasteiger partial charge in [0.1, 0.15) is 0 Å². The number of amides is 1. The van der Waals surface area contributed by atoms with Crippen LogP contribution in [-0.4, -0.2) is 24.0 Å². The predicted octanol–water partition coefficient (Wildman–Crippen LogP) is 2.00. The first-order valence-corrected chi connectivity index (χ1v) is 3.87. The maximum atomic E-state index is 11.0. The van der Waals surface area contributed by atoms with Crippen LogP contribution in [-0.2, 0) is 0 Å². The first-order valence-electron chi connectivity index (χ1n) is 5.37. The van der Waals surface area contributed by atoms with Gasteiger partial charge in [-0.3, -0.25) is 9.69 Å². The third-order valence-corrected chi connectivity index (χ3v) is 1.72. The molecule has 0 heterocycles. The molecule has 1 rings (SSSR count). The van der Waals surface area contributed by atoms with E-state index < -0.39 is 13.1 Å². The van der Waals surface area contributed by atoms with Crippen molar-refractivity contribution in [3.05, 3.63) is 29.8 Å². The Morgan fingerprint density at radius 1 is 1.36 bits per heavy atom. The van der Waals surface area contributed by atoms with E-state index in [1.165, 1.54) is 31.2 Å². The van der Waals surface area contributed by atoms with Crippen molar-refractivity contribution >= 4 is 17.6 Å². The number of Topliss-reactive ketones (excluding diaryl/α,β-unsaturated/α-hetero) is 1. The van der Waals surface area contributed by atoms with Crippen LogP contribution in [0.2, 0.25) is 0 Å². The maximum absolute atomic E-state index is 11.0. The molecule has 0 atom stereocenters. The largest absolute Gasteiger partial charge is 0.465 e. The van der Waals surface area contributed by atoms with Crippen molar-refractivity contribution in [3.63, 3.8) is 0 Å². The Kier molecular flexibility index (Phi) is 1.84. The molecular weight excluding hydrogens is 182 g/mol. The zero-order chi connectivity index (χ0) is 13.2. The lowest BCUT2D eigenvalue weighted by Crippen LogP contribution is -2.23. The monoisotopic (exact) mass is 196 g/mol. The highest BCUT2D eigenvalue weighted by Gasteiger charge is 2.08. The first kappa shape index (κ1) is 6.59. The van der Waals surface area contributed by atoms with E-state index in [0.717, 1.165) is 0 Å². The Morgan fingerprint density at radius 3 is 2.29 bits per heavy atom. The number of carbonyl (C=O) groups is 2. The number of ketones is 1. The number of rotatable bonds is 2. The van der Waals surface area contributed by atoms with E-state index in [1.54, 1.807) is 0 Å². The lowest BCUT2D eigenvalue weighted by atomic mass is 10.1. The molecule has 74 valence electrons. The molecule has 0 radical (unpaired) electrons. The second-order valence-corrected chi connectivity index (χ2v) is 2.72. The number of nitrogens with zero attached hydrogens (tertiary/aromatic N) is 1. The van der Waals surface area contributed by atoms with E-state index in [2.05, 4.69) is 0 Å². The number of benzene rings is 1. The Labute approximate surface area is 86.0 Å². The van der Waals surface area contributed by atoms with Crippen LogP contribution < -0.4 is 4.90 Å². The molecule has 1 amide bonds. The van der Waals surface area contributed by atoms with Crippen molar-refractivity contribution in [1.82, 2.24) is 0 Å². The van der Waals surface area contributed by atoms with E-state index in [4.69, 9.17) is 9.22 Å². The van der Waals surface area contributed by atoms with E-state index in [9.17, 15) is 9.59 Å². The maximum Gasteiger partial charge on any atom is 0.411 e. The van der Waals surface area contributed by atoms with Gasteiger partial charge in [0.25, 0.3) is 0 Å². The van der Waals surface area contributed by atoms with Gasteiger partial charge in [-0.05, 0) is 31.2 Å². The quantitative estimate of drug-likeness (QED) is 0.736. The number of anilines is 1. The van der Waals surface area contributed by atoms with Crippen molar-refractivity contribution in [2.75, 3.05) is 11.9 Å². The van der Waals surface area contributed by atoms with Crippen LogP contribution in [0.25, 0.3) is 0 Å². The zero-order valence-corrected chi connectivity index (χ0v) is 7.52. The topological polar surface area (TPSA) is 57.6 Å². The number of carboxylic acid groups (broad SMARTS) is 1. The molecule has 0 aliphatic rings. The summed E-state index contributed by atoms with van der Waals surface area (Å²) < 4.78 is 21.3. The summed E-state index contributed by atoms with van der Waals surface area (Å²) in [6, 6.07) is 5.35. The molecule has 1 N–H and O–H groups in total.